The van der Waals surface area contributed by atoms with Crippen LogP contribution in [-0.2, 0) is 20.7 Å². The van der Waals surface area contributed by atoms with Gasteiger partial charge in [0.25, 0.3) is 0 Å². The lowest BCUT2D eigenvalue weighted by Crippen LogP contribution is -2.42. The average molecular weight is 250 g/mol. The Morgan fingerprint density at radius 2 is 2.00 bits per heavy atom. The normalized spacial score (nSPS) is 11.7. The first-order valence-electron chi connectivity index (χ1n) is 5.77. The van der Waals surface area contributed by atoms with E-state index in [-0.39, 0.29) is 24.8 Å². The van der Waals surface area contributed by atoms with Crippen LogP contribution in [0.4, 0.5) is 0 Å². The number of benzene rings is 1. The lowest BCUT2D eigenvalue weighted by molar-refractivity contribution is -0.140. The third-order valence-electron chi connectivity index (χ3n) is 2.49. The van der Waals surface area contributed by atoms with E-state index in [0.29, 0.717) is 6.42 Å². The fourth-order valence-corrected chi connectivity index (χ4v) is 1.48. The van der Waals surface area contributed by atoms with Crippen molar-refractivity contribution in [2.75, 3.05) is 13.7 Å². The predicted molar refractivity (Wildman–Crippen MR) is 67.8 cm³/mol. The second-order valence-electron chi connectivity index (χ2n) is 3.91. The number of hydrogen-bond acceptors (Lipinski definition) is 4. The van der Waals surface area contributed by atoms with E-state index in [0.717, 1.165) is 5.56 Å². The Bertz CT molecular complexity index is 392. The first-order valence-corrected chi connectivity index (χ1v) is 5.77. The molecule has 1 atom stereocenters. The number of methoxy groups -OCH3 is 1. The molecule has 0 aliphatic heterocycles. The Morgan fingerprint density at radius 3 is 2.61 bits per heavy atom. The molecule has 1 amide bonds. The summed E-state index contributed by atoms with van der Waals surface area (Å²) in [5.41, 5.74) is 6.78. The van der Waals surface area contributed by atoms with E-state index in [4.69, 9.17) is 5.73 Å². The molecular formula is C13H18N2O3. The minimum absolute atomic E-state index is 0.153. The van der Waals surface area contributed by atoms with Gasteiger partial charge in [-0.2, -0.15) is 0 Å². The van der Waals surface area contributed by atoms with Gasteiger partial charge in [0.05, 0.1) is 19.6 Å². The number of nitrogens with two attached hydrogens (primary N) is 1. The van der Waals surface area contributed by atoms with Gasteiger partial charge in [-0.3, -0.25) is 9.59 Å². The van der Waals surface area contributed by atoms with E-state index in [2.05, 4.69) is 10.1 Å². The molecule has 1 unspecified atom stereocenters. The molecule has 18 heavy (non-hydrogen) atoms. The zero-order chi connectivity index (χ0) is 13.4. The fraction of sp³-hybridized carbons (Fsp3) is 0.385. The van der Waals surface area contributed by atoms with Gasteiger partial charge < -0.3 is 15.8 Å². The lowest BCUT2D eigenvalue weighted by Gasteiger charge is -2.11. The van der Waals surface area contributed by atoms with Gasteiger partial charge in [0.2, 0.25) is 5.91 Å². The number of carbonyl (C=O) groups excluding carboxylic acids is 2. The summed E-state index contributed by atoms with van der Waals surface area (Å²) in [4.78, 5) is 22.5. The fourth-order valence-electron chi connectivity index (χ4n) is 1.48. The van der Waals surface area contributed by atoms with E-state index >= 15 is 0 Å². The van der Waals surface area contributed by atoms with Gasteiger partial charge >= 0.3 is 5.97 Å². The van der Waals surface area contributed by atoms with Crippen LogP contribution in [0.25, 0.3) is 0 Å². The molecule has 1 aromatic rings. The molecule has 0 spiro atoms. The predicted octanol–water partition coefficient (Wildman–Crippen LogP) is 0.236. The van der Waals surface area contributed by atoms with Gasteiger partial charge in [-0.05, 0) is 12.0 Å². The molecule has 3 N–H and O–H groups in total. The number of ether oxygens (including phenoxy) is 1. The molecule has 1 aromatic carbocycles. The number of amides is 1. The molecular weight excluding hydrogens is 232 g/mol. The summed E-state index contributed by atoms with van der Waals surface area (Å²) in [6.07, 6.45) is 0.630. The molecule has 0 aliphatic carbocycles. The first-order chi connectivity index (χ1) is 8.63. The minimum atomic E-state index is -0.606. The van der Waals surface area contributed by atoms with Crippen LogP contribution in [0, 0.1) is 0 Å². The third kappa shape index (κ3) is 4.97. The van der Waals surface area contributed by atoms with Gasteiger partial charge in [0, 0.05) is 6.54 Å². The second kappa shape index (κ2) is 7.45. The molecule has 5 heteroatoms. The highest BCUT2D eigenvalue weighted by Crippen LogP contribution is 2.01. The van der Waals surface area contributed by atoms with Crippen LogP contribution >= 0.6 is 0 Å². The van der Waals surface area contributed by atoms with E-state index in [1.165, 1.54) is 7.11 Å². The Hall–Kier alpha value is -1.88. The highest BCUT2D eigenvalue weighted by atomic mass is 16.5. The first kappa shape index (κ1) is 14.2. The Balaban J connectivity index is 2.31. The summed E-state index contributed by atoms with van der Waals surface area (Å²) >= 11 is 0. The summed E-state index contributed by atoms with van der Waals surface area (Å²) in [6.45, 7) is 0.244. The van der Waals surface area contributed by atoms with Crippen molar-refractivity contribution in [1.82, 2.24) is 5.32 Å². The zero-order valence-electron chi connectivity index (χ0n) is 10.4. The van der Waals surface area contributed by atoms with Crippen molar-refractivity contribution in [3.05, 3.63) is 35.9 Å². The summed E-state index contributed by atoms with van der Waals surface area (Å²) in [7, 11) is 1.31. The number of rotatable bonds is 6. The maximum Gasteiger partial charge on any atom is 0.307 e. The molecule has 0 saturated carbocycles. The van der Waals surface area contributed by atoms with Crippen LogP contribution in [0.5, 0.6) is 0 Å². The number of nitrogens with one attached hydrogen (secondary N) is 1. The van der Waals surface area contributed by atoms with E-state index in [1.807, 2.05) is 30.3 Å². The standard InChI is InChI=1S/C13H18N2O3/c1-18-12(16)7-8-15-13(17)11(14)9-10-5-3-2-4-6-10/h2-6,11H,7-9,14H2,1H3,(H,15,17). The SMILES string of the molecule is COC(=O)CCNC(=O)C(N)Cc1ccccc1. The molecule has 0 aliphatic rings. The number of carbonyl (C=O) groups is 2. The molecule has 0 saturated heterocycles. The van der Waals surface area contributed by atoms with E-state index < -0.39 is 6.04 Å². The molecule has 0 radical (unpaired) electrons. The van der Waals surface area contributed by atoms with Crippen LogP contribution < -0.4 is 11.1 Å². The molecule has 1 rings (SSSR count). The lowest BCUT2D eigenvalue weighted by atomic mass is 10.1. The van der Waals surface area contributed by atoms with Crippen LogP contribution in [0.15, 0.2) is 30.3 Å². The summed E-state index contributed by atoms with van der Waals surface area (Å²) < 4.78 is 4.47. The van der Waals surface area contributed by atoms with Crippen molar-refractivity contribution in [2.24, 2.45) is 5.73 Å². The van der Waals surface area contributed by atoms with Gasteiger partial charge in [-0.25, -0.2) is 0 Å². The van der Waals surface area contributed by atoms with E-state index in [1.54, 1.807) is 0 Å². The van der Waals surface area contributed by atoms with Crippen molar-refractivity contribution >= 4 is 11.9 Å². The average Bonchev–Trinajstić information content (AvgIpc) is 2.39. The smallest absolute Gasteiger partial charge is 0.307 e. The van der Waals surface area contributed by atoms with Gasteiger partial charge in [0.1, 0.15) is 0 Å². The zero-order valence-corrected chi connectivity index (χ0v) is 10.4. The van der Waals surface area contributed by atoms with Gasteiger partial charge in [-0.1, -0.05) is 30.3 Å². The van der Waals surface area contributed by atoms with Gasteiger partial charge in [-0.15, -0.1) is 0 Å². The van der Waals surface area contributed by atoms with Crippen molar-refractivity contribution in [3.63, 3.8) is 0 Å². The molecule has 0 bridgehead atoms. The number of hydrogen-bond donors (Lipinski definition) is 2. The Labute approximate surface area is 106 Å². The summed E-state index contributed by atoms with van der Waals surface area (Å²) in [6, 6.07) is 8.94. The van der Waals surface area contributed by atoms with Gasteiger partial charge in [0.15, 0.2) is 0 Å². The number of esters is 1. The Morgan fingerprint density at radius 1 is 1.33 bits per heavy atom. The van der Waals surface area contributed by atoms with Crippen molar-refractivity contribution in [2.45, 2.75) is 18.9 Å². The van der Waals surface area contributed by atoms with Crippen LogP contribution in [0.3, 0.4) is 0 Å². The van der Waals surface area contributed by atoms with Crippen molar-refractivity contribution < 1.29 is 14.3 Å². The molecule has 0 heterocycles. The second-order valence-corrected chi connectivity index (χ2v) is 3.91. The largest absolute Gasteiger partial charge is 0.469 e. The maximum absolute atomic E-state index is 11.6. The minimum Gasteiger partial charge on any atom is -0.469 e. The summed E-state index contributed by atoms with van der Waals surface area (Å²) in [5, 5.41) is 2.60. The topological polar surface area (TPSA) is 81.4 Å². The Kier molecular flexibility index (Phi) is 5.87. The molecule has 5 nitrogen and oxygen atoms in total. The van der Waals surface area contributed by atoms with Crippen LogP contribution in [0.1, 0.15) is 12.0 Å². The van der Waals surface area contributed by atoms with Crippen molar-refractivity contribution in [1.29, 1.82) is 0 Å². The molecule has 0 aromatic heterocycles. The van der Waals surface area contributed by atoms with E-state index in [9.17, 15) is 9.59 Å². The summed E-state index contributed by atoms with van der Waals surface area (Å²) in [5.74, 6) is -0.616. The van der Waals surface area contributed by atoms with Crippen LogP contribution in [0.2, 0.25) is 0 Å². The monoisotopic (exact) mass is 250 g/mol. The maximum atomic E-state index is 11.6. The van der Waals surface area contributed by atoms with Crippen LogP contribution in [-0.4, -0.2) is 31.6 Å². The highest BCUT2D eigenvalue weighted by molar-refractivity contribution is 5.82. The molecule has 98 valence electrons. The quantitative estimate of drug-likeness (QED) is 0.708. The molecule has 0 fully saturated rings. The third-order valence-corrected chi connectivity index (χ3v) is 2.49. The van der Waals surface area contributed by atoms with Crippen molar-refractivity contribution in [3.8, 4) is 0 Å². The highest BCUT2D eigenvalue weighted by Gasteiger charge is 2.13.